The number of hydrazone groups is 1. The number of nitrogens with one attached hydrogen (secondary N) is 1. The first-order chi connectivity index (χ1) is 11.1. The van der Waals surface area contributed by atoms with Crippen LogP contribution in [0.1, 0.15) is 5.56 Å². The van der Waals surface area contributed by atoms with Crippen LogP contribution in [0.3, 0.4) is 0 Å². The molecule has 0 aliphatic rings. The van der Waals surface area contributed by atoms with Crippen molar-refractivity contribution in [2.24, 2.45) is 5.10 Å². The second kappa shape index (κ2) is 7.64. The average Bonchev–Trinajstić information content (AvgIpc) is 2.53. The van der Waals surface area contributed by atoms with Crippen LogP contribution in [0.25, 0.3) is 0 Å². The van der Waals surface area contributed by atoms with E-state index in [1.165, 1.54) is 42.6 Å². The van der Waals surface area contributed by atoms with Crippen LogP contribution in [-0.4, -0.2) is 23.7 Å². The molecule has 0 unspecified atom stereocenters. The molecule has 2 aromatic carbocycles. The van der Waals surface area contributed by atoms with E-state index in [0.29, 0.717) is 5.56 Å². The Morgan fingerprint density at radius 3 is 2.83 bits per heavy atom. The van der Waals surface area contributed by atoms with Crippen LogP contribution in [-0.2, 0) is 4.79 Å². The van der Waals surface area contributed by atoms with Crippen LogP contribution in [0.4, 0.5) is 10.1 Å². The molecule has 0 spiro atoms. The maximum atomic E-state index is 12.9. The molecule has 118 valence electrons. The zero-order chi connectivity index (χ0) is 16.7. The van der Waals surface area contributed by atoms with Gasteiger partial charge in [-0.3, -0.25) is 14.9 Å². The van der Waals surface area contributed by atoms with E-state index >= 15 is 0 Å². The lowest BCUT2D eigenvalue weighted by Gasteiger charge is -2.05. The number of rotatable bonds is 6. The molecule has 0 aliphatic heterocycles. The lowest BCUT2D eigenvalue weighted by Crippen LogP contribution is -2.24. The summed E-state index contributed by atoms with van der Waals surface area (Å²) in [6.45, 7) is -0.439. The molecule has 2 aromatic rings. The number of halogens is 1. The first-order valence-electron chi connectivity index (χ1n) is 6.50. The van der Waals surface area contributed by atoms with Gasteiger partial charge in [-0.1, -0.05) is 24.3 Å². The van der Waals surface area contributed by atoms with Gasteiger partial charge in [0, 0.05) is 6.07 Å². The summed E-state index contributed by atoms with van der Waals surface area (Å²) in [7, 11) is 0. The molecule has 0 saturated carbocycles. The highest BCUT2D eigenvalue weighted by molar-refractivity contribution is 5.82. The van der Waals surface area contributed by atoms with Crippen LogP contribution in [0, 0.1) is 15.9 Å². The van der Waals surface area contributed by atoms with Gasteiger partial charge < -0.3 is 4.74 Å². The summed E-state index contributed by atoms with van der Waals surface area (Å²) in [5, 5.41) is 14.4. The zero-order valence-corrected chi connectivity index (χ0v) is 11.8. The summed E-state index contributed by atoms with van der Waals surface area (Å²) in [5.41, 5.74) is 2.43. The van der Waals surface area contributed by atoms with Crippen molar-refractivity contribution in [2.45, 2.75) is 0 Å². The standard InChI is InChI=1S/C15H12FN3O4/c16-12-5-3-4-11(8-12)9-17-18-15(20)10-23-14-7-2-1-6-13(14)19(21)22/h1-9H,10H2,(H,18,20)/b17-9-. The third kappa shape index (κ3) is 4.88. The van der Waals surface area contributed by atoms with Crippen molar-refractivity contribution in [1.82, 2.24) is 5.43 Å². The molecule has 0 radical (unpaired) electrons. The summed E-state index contributed by atoms with van der Waals surface area (Å²) in [6.07, 6.45) is 1.27. The third-order valence-corrected chi connectivity index (χ3v) is 2.67. The van der Waals surface area contributed by atoms with Crippen molar-refractivity contribution in [3.8, 4) is 5.75 Å². The van der Waals surface area contributed by atoms with E-state index in [1.54, 1.807) is 12.1 Å². The molecule has 0 bridgehead atoms. The first-order valence-corrected chi connectivity index (χ1v) is 6.50. The van der Waals surface area contributed by atoms with Gasteiger partial charge in [-0.05, 0) is 23.8 Å². The van der Waals surface area contributed by atoms with Gasteiger partial charge in [-0.2, -0.15) is 5.10 Å². The molecule has 1 N–H and O–H groups in total. The number of nitrogens with zero attached hydrogens (tertiary/aromatic N) is 2. The van der Waals surface area contributed by atoms with Gasteiger partial charge in [-0.25, -0.2) is 9.82 Å². The number of carbonyl (C=O) groups is 1. The quantitative estimate of drug-likeness (QED) is 0.502. The molecule has 7 nitrogen and oxygen atoms in total. The van der Waals surface area contributed by atoms with Crippen LogP contribution >= 0.6 is 0 Å². The van der Waals surface area contributed by atoms with Gasteiger partial charge in [0.15, 0.2) is 12.4 Å². The normalized spacial score (nSPS) is 10.5. The highest BCUT2D eigenvalue weighted by Gasteiger charge is 2.14. The predicted octanol–water partition coefficient (Wildman–Crippen LogP) is 2.26. The minimum Gasteiger partial charge on any atom is -0.477 e. The number of benzene rings is 2. The average molecular weight is 317 g/mol. The molecule has 2 rings (SSSR count). The van der Waals surface area contributed by atoms with E-state index in [1.807, 2.05) is 0 Å². The Balaban J connectivity index is 1.87. The topological polar surface area (TPSA) is 93.8 Å². The fourth-order valence-corrected chi connectivity index (χ4v) is 1.67. The summed E-state index contributed by atoms with van der Waals surface area (Å²) in [5.74, 6) is -1.03. The van der Waals surface area contributed by atoms with Crippen molar-refractivity contribution >= 4 is 17.8 Å². The predicted molar refractivity (Wildman–Crippen MR) is 80.7 cm³/mol. The Bertz CT molecular complexity index is 749. The Labute approximate surface area is 130 Å². The van der Waals surface area contributed by atoms with Crippen molar-refractivity contribution in [3.63, 3.8) is 0 Å². The highest BCUT2D eigenvalue weighted by atomic mass is 19.1. The molecular weight excluding hydrogens is 305 g/mol. The highest BCUT2D eigenvalue weighted by Crippen LogP contribution is 2.25. The third-order valence-electron chi connectivity index (χ3n) is 2.67. The van der Waals surface area contributed by atoms with Crippen molar-refractivity contribution < 1.29 is 18.8 Å². The number of hydrogen-bond acceptors (Lipinski definition) is 5. The number of hydrogen-bond donors (Lipinski definition) is 1. The summed E-state index contributed by atoms with van der Waals surface area (Å²) >= 11 is 0. The Morgan fingerprint density at radius 1 is 1.30 bits per heavy atom. The van der Waals surface area contributed by atoms with Crippen LogP contribution in [0.2, 0.25) is 0 Å². The van der Waals surface area contributed by atoms with E-state index < -0.39 is 23.3 Å². The van der Waals surface area contributed by atoms with Crippen LogP contribution in [0.5, 0.6) is 5.75 Å². The zero-order valence-electron chi connectivity index (χ0n) is 11.8. The van der Waals surface area contributed by atoms with Crippen molar-refractivity contribution in [2.75, 3.05) is 6.61 Å². The number of amides is 1. The van der Waals surface area contributed by atoms with E-state index in [9.17, 15) is 19.3 Å². The maximum Gasteiger partial charge on any atom is 0.310 e. The lowest BCUT2D eigenvalue weighted by molar-refractivity contribution is -0.385. The van der Waals surface area contributed by atoms with Crippen LogP contribution < -0.4 is 10.2 Å². The number of ether oxygens (including phenoxy) is 1. The smallest absolute Gasteiger partial charge is 0.310 e. The lowest BCUT2D eigenvalue weighted by atomic mass is 10.2. The molecule has 0 fully saturated rings. The van der Waals surface area contributed by atoms with E-state index in [0.717, 1.165) is 0 Å². The van der Waals surface area contributed by atoms with Gasteiger partial charge in [0.1, 0.15) is 5.82 Å². The fourth-order valence-electron chi connectivity index (χ4n) is 1.67. The second-order valence-corrected chi connectivity index (χ2v) is 4.36. The molecule has 0 aromatic heterocycles. The fraction of sp³-hybridized carbons (Fsp3) is 0.0667. The molecule has 1 amide bonds. The molecule has 23 heavy (non-hydrogen) atoms. The molecule has 0 atom stereocenters. The first kappa shape index (κ1) is 16.1. The van der Waals surface area contributed by atoms with Crippen molar-refractivity contribution in [3.05, 3.63) is 70.0 Å². The Hall–Kier alpha value is -3.29. The van der Waals surface area contributed by atoms with Gasteiger partial charge in [-0.15, -0.1) is 0 Å². The molecular formula is C15H12FN3O4. The number of para-hydroxylation sites is 2. The summed E-state index contributed by atoms with van der Waals surface area (Å²) in [4.78, 5) is 21.8. The Kier molecular flexibility index (Phi) is 5.35. The number of nitro benzene ring substituents is 1. The van der Waals surface area contributed by atoms with E-state index in [2.05, 4.69) is 10.5 Å². The van der Waals surface area contributed by atoms with Gasteiger partial charge in [0.2, 0.25) is 0 Å². The monoisotopic (exact) mass is 317 g/mol. The maximum absolute atomic E-state index is 12.9. The van der Waals surface area contributed by atoms with E-state index in [4.69, 9.17) is 4.74 Å². The molecule has 0 saturated heterocycles. The molecule has 0 heterocycles. The Morgan fingerprint density at radius 2 is 2.09 bits per heavy atom. The van der Waals surface area contributed by atoms with Gasteiger partial charge in [0.05, 0.1) is 11.1 Å². The largest absolute Gasteiger partial charge is 0.477 e. The number of carbonyl (C=O) groups excluding carboxylic acids is 1. The number of nitro groups is 1. The minimum atomic E-state index is -0.602. The van der Waals surface area contributed by atoms with Gasteiger partial charge >= 0.3 is 5.69 Å². The van der Waals surface area contributed by atoms with E-state index in [-0.39, 0.29) is 11.4 Å². The minimum absolute atomic E-state index is 0.0123. The van der Waals surface area contributed by atoms with Crippen LogP contribution in [0.15, 0.2) is 53.6 Å². The summed E-state index contributed by atoms with van der Waals surface area (Å²) in [6, 6.07) is 11.4. The van der Waals surface area contributed by atoms with Gasteiger partial charge in [0.25, 0.3) is 5.91 Å². The summed E-state index contributed by atoms with van der Waals surface area (Å²) < 4.78 is 18.0. The second-order valence-electron chi connectivity index (χ2n) is 4.36. The SMILES string of the molecule is O=C(COc1ccccc1[N+](=O)[O-])N/N=C\c1cccc(F)c1. The molecule has 8 heteroatoms. The van der Waals surface area contributed by atoms with Crippen molar-refractivity contribution in [1.29, 1.82) is 0 Å². The molecule has 0 aliphatic carbocycles.